The minimum Gasteiger partial charge on any atom is -0.326 e. The summed E-state index contributed by atoms with van der Waals surface area (Å²) in [6.07, 6.45) is 2.78. The van der Waals surface area contributed by atoms with E-state index in [2.05, 4.69) is 9.98 Å². The van der Waals surface area contributed by atoms with Crippen LogP contribution in [0.25, 0.3) is 0 Å². The Kier molecular flexibility index (Phi) is 2.05. The van der Waals surface area contributed by atoms with Crippen LogP contribution in [0.3, 0.4) is 0 Å². The summed E-state index contributed by atoms with van der Waals surface area (Å²) in [5.74, 6) is 0. The minimum atomic E-state index is -0.537. The van der Waals surface area contributed by atoms with Crippen molar-refractivity contribution in [3.8, 4) is 0 Å². The number of nitro groups is 1. The first-order valence-corrected chi connectivity index (χ1v) is 3.17. The molecule has 11 heavy (non-hydrogen) atoms. The Bertz CT molecular complexity index is 310. The van der Waals surface area contributed by atoms with Gasteiger partial charge in [-0.2, -0.15) is 0 Å². The van der Waals surface area contributed by atoms with Gasteiger partial charge in [0.2, 0.25) is 0 Å². The van der Waals surface area contributed by atoms with Crippen LogP contribution in [0.2, 0.25) is 0 Å². The molecule has 6 nitrogen and oxygen atoms in total. The zero-order valence-corrected chi connectivity index (χ0v) is 6.02. The number of nitrogens with one attached hydrogen (secondary N) is 1. The summed E-state index contributed by atoms with van der Waals surface area (Å²) < 4.78 is 0.837. The summed E-state index contributed by atoms with van der Waals surface area (Å²) in [4.78, 5) is 16.7. The van der Waals surface area contributed by atoms with Gasteiger partial charge >= 0.3 is 0 Å². The van der Waals surface area contributed by atoms with E-state index in [0.29, 0.717) is 6.54 Å². The Morgan fingerprint density at radius 3 is 3.18 bits per heavy atom. The van der Waals surface area contributed by atoms with Crippen molar-refractivity contribution in [1.29, 1.82) is 0 Å². The predicted octanol–water partition coefficient (Wildman–Crippen LogP) is -0.223. The molecule has 0 spiro atoms. The average Bonchev–Trinajstić information content (AvgIpc) is 2.36. The Morgan fingerprint density at radius 2 is 2.64 bits per heavy atom. The second kappa shape index (κ2) is 3.00. The molecule has 60 valence electrons. The third-order valence-electron chi connectivity index (χ3n) is 1.13. The molecule has 0 aliphatic carbocycles. The van der Waals surface area contributed by atoms with Crippen LogP contribution >= 0.6 is 0 Å². The van der Waals surface area contributed by atoms with E-state index < -0.39 is 5.03 Å². The van der Waals surface area contributed by atoms with Gasteiger partial charge in [0, 0.05) is 12.7 Å². The van der Waals surface area contributed by atoms with Crippen molar-refractivity contribution in [2.75, 3.05) is 6.54 Å². The van der Waals surface area contributed by atoms with Gasteiger partial charge in [-0.15, -0.1) is 0 Å². The maximum Gasteiger partial charge on any atom is 0.267 e. The minimum absolute atomic E-state index is 0.262. The molecule has 0 aromatic carbocycles. The van der Waals surface area contributed by atoms with Gasteiger partial charge in [-0.25, -0.2) is 15.1 Å². The summed E-state index contributed by atoms with van der Waals surface area (Å²) in [5, 5.41) is 9.71. The summed E-state index contributed by atoms with van der Waals surface area (Å²) in [6.45, 7) is 2.33. The van der Waals surface area contributed by atoms with Gasteiger partial charge in [0.1, 0.15) is 0 Å². The van der Waals surface area contributed by atoms with Crippen molar-refractivity contribution in [3.05, 3.63) is 28.1 Å². The van der Waals surface area contributed by atoms with Crippen molar-refractivity contribution in [2.24, 2.45) is 4.99 Å². The number of rotatable bonds is 2. The highest BCUT2D eigenvalue weighted by atomic mass is 16.7. The molecule has 0 fully saturated rings. The molecule has 1 rings (SSSR count). The molecule has 0 saturated carbocycles. The van der Waals surface area contributed by atoms with E-state index in [9.17, 15) is 10.1 Å². The van der Waals surface area contributed by atoms with E-state index in [1.165, 1.54) is 12.4 Å². The van der Waals surface area contributed by atoms with Crippen molar-refractivity contribution in [2.45, 2.75) is 6.92 Å². The summed E-state index contributed by atoms with van der Waals surface area (Å²) >= 11 is 0. The van der Waals surface area contributed by atoms with Crippen molar-refractivity contribution < 1.29 is 5.03 Å². The van der Waals surface area contributed by atoms with E-state index in [1.807, 2.05) is 6.92 Å². The third-order valence-corrected chi connectivity index (χ3v) is 1.13. The Hall–Kier alpha value is -1.59. The lowest BCUT2D eigenvalue weighted by atomic mass is 10.8. The number of nitrogens with zero attached hydrogens (tertiary/aromatic N) is 3. The highest BCUT2D eigenvalue weighted by Crippen LogP contribution is 1.76. The van der Waals surface area contributed by atoms with Gasteiger partial charge in [-0.3, -0.25) is 0 Å². The largest absolute Gasteiger partial charge is 0.326 e. The van der Waals surface area contributed by atoms with Gasteiger partial charge < -0.3 is 4.98 Å². The van der Waals surface area contributed by atoms with Crippen LogP contribution in [0.15, 0.2) is 17.4 Å². The molecule has 1 aromatic rings. The average molecular weight is 156 g/mol. The van der Waals surface area contributed by atoms with E-state index in [-0.39, 0.29) is 5.62 Å². The van der Waals surface area contributed by atoms with E-state index in [4.69, 9.17) is 0 Å². The molecule has 0 aliphatic heterocycles. The molecule has 0 unspecified atom stereocenters. The first-order chi connectivity index (χ1) is 5.25. The summed E-state index contributed by atoms with van der Waals surface area (Å²) in [6, 6.07) is 0. The highest BCUT2D eigenvalue weighted by Gasteiger charge is 2.01. The van der Waals surface area contributed by atoms with Crippen LogP contribution < -0.4 is 5.62 Å². The Labute approximate surface area is 62.3 Å². The fourth-order valence-electron chi connectivity index (χ4n) is 0.719. The fourth-order valence-corrected chi connectivity index (χ4v) is 0.719. The maximum atomic E-state index is 10.2. The van der Waals surface area contributed by atoms with Gasteiger partial charge in [-0.1, -0.05) is 0 Å². The van der Waals surface area contributed by atoms with Crippen LogP contribution in [0.5, 0.6) is 0 Å². The van der Waals surface area contributed by atoms with Crippen LogP contribution in [0, 0.1) is 10.1 Å². The molecule has 1 heterocycles. The van der Waals surface area contributed by atoms with Gasteiger partial charge in [-0.05, 0) is 11.6 Å². The zero-order chi connectivity index (χ0) is 8.27. The standard InChI is InChI=1S/C5H8N4O2/c1-2-6-5-7-3-4-8(5)9(10)11/h3-4H,2H2,1H3,(H,6,7). The summed E-state index contributed by atoms with van der Waals surface area (Å²) in [7, 11) is 0. The second-order valence-electron chi connectivity index (χ2n) is 1.84. The smallest absolute Gasteiger partial charge is 0.267 e. The van der Waals surface area contributed by atoms with Crippen LogP contribution in [0.4, 0.5) is 0 Å². The molecule has 6 heteroatoms. The van der Waals surface area contributed by atoms with Gasteiger partial charge in [0.15, 0.2) is 5.03 Å². The first-order valence-electron chi connectivity index (χ1n) is 3.17. The third kappa shape index (κ3) is 1.46. The van der Waals surface area contributed by atoms with E-state index >= 15 is 0 Å². The number of hydrogen-bond acceptors (Lipinski definition) is 3. The van der Waals surface area contributed by atoms with Crippen molar-refractivity contribution in [1.82, 2.24) is 9.66 Å². The number of hydrogen-bond donors (Lipinski definition) is 1. The van der Waals surface area contributed by atoms with Crippen LogP contribution in [0.1, 0.15) is 6.92 Å². The predicted molar refractivity (Wildman–Crippen MR) is 37.3 cm³/mol. The summed E-state index contributed by atoms with van der Waals surface area (Å²) in [5.41, 5.74) is 0.262. The molecule has 0 atom stereocenters. The Balaban J connectivity index is 3.16. The zero-order valence-electron chi connectivity index (χ0n) is 6.02. The number of aromatic amines is 1. The van der Waals surface area contributed by atoms with E-state index in [1.54, 1.807) is 0 Å². The van der Waals surface area contributed by atoms with E-state index in [0.717, 1.165) is 4.68 Å². The fraction of sp³-hybridized carbons (Fsp3) is 0.400. The molecule has 0 saturated heterocycles. The molecular formula is C5H8N4O2. The van der Waals surface area contributed by atoms with Crippen LogP contribution in [-0.4, -0.2) is 21.2 Å². The van der Waals surface area contributed by atoms with Gasteiger partial charge in [0.05, 0.1) is 6.20 Å². The van der Waals surface area contributed by atoms with Crippen molar-refractivity contribution >= 4 is 0 Å². The molecule has 1 aromatic heterocycles. The van der Waals surface area contributed by atoms with Crippen molar-refractivity contribution in [3.63, 3.8) is 0 Å². The number of aromatic nitrogens is 2. The molecule has 0 aliphatic rings. The quantitative estimate of drug-likeness (QED) is 0.474. The molecule has 1 N–H and O–H groups in total. The normalized spacial score (nSPS) is 11.9. The molecule has 0 radical (unpaired) electrons. The SMILES string of the molecule is CCN=c1[nH]ccn1[N+](=O)[O-]. The number of imidazole rings is 1. The monoisotopic (exact) mass is 156 g/mol. The highest BCUT2D eigenvalue weighted by molar-refractivity contribution is 4.70. The first kappa shape index (κ1) is 7.52. The maximum absolute atomic E-state index is 10.2. The lowest BCUT2D eigenvalue weighted by Gasteiger charge is -1.86. The molecular weight excluding hydrogens is 148 g/mol. The van der Waals surface area contributed by atoms with Gasteiger partial charge in [0.25, 0.3) is 5.62 Å². The number of H-pyrrole nitrogens is 1. The lowest BCUT2D eigenvalue weighted by Crippen LogP contribution is -2.24. The second-order valence-corrected chi connectivity index (χ2v) is 1.84. The molecule has 0 amide bonds. The topological polar surface area (TPSA) is 76.2 Å². The Morgan fingerprint density at radius 1 is 1.91 bits per heavy atom. The molecule has 0 bridgehead atoms. The van der Waals surface area contributed by atoms with Crippen LogP contribution in [-0.2, 0) is 0 Å². The lowest BCUT2D eigenvalue weighted by molar-refractivity contribution is -0.545.